The first-order valence-corrected chi connectivity index (χ1v) is 6.20. The third-order valence-electron chi connectivity index (χ3n) is 3.46. The fourth-order valence-electron chi connectivity index (χ4n) is 2.55. The molecular weight excluding hydrogens is 252 g/mol. The van der Waals surface area contributed by atoms with Crippen LogP contribution < -0.4 is 4.90 Å². The highest BCUT2D eigenvalue weighted by molar-refractivity contribution is 5.32. The van der Waals surface area contributed by atoms with E-state index in [1.165, 1.54) is 18.5 Å². The number of nitrogens with zero attached hydrogens (tertiary/aromatic N) is 3. The Labute approximate surface area is 109 Å². The molecule has 0 bridgehead atoms. The van der Waals surface area contributed by atoms with Gasteiger partial charge in [0.15, 0.2) is 0 Å². The molecule has 1 unspecified atom stereocenters. The Morgan fingerprint density at radius 3 is 2.95 bits per heavy atom. The first-order valence-electron chi connectivity index (χ1n) is 6.20. The second-order valence-corrected chi connectivity index (χ2v) is 4.68. The van der Waals surface area contributed by atoms with Gasteiger partial charge in [-0.15, -0.1) is 0 Å². The minimum Gasteiger partial charge on any atom is -0.341 e. The van der Waals surface area contributed by atoms with Gasteiger partial charge in [-0.05, 0) is 29.6 Å². The van der Waals surface area contributed by atoms with Crippen molar-refractivity contribution in [3.8, 4) is 0 Å². The highest BCUT2D eigenvalue weighted by Gasteiger charge is 2.25. The lowest BCUT2D eigenvalue weighted by Crippen LogP contribution is -2.35. The smallest absolute Gasteiger partial charge is 0.265 e. The van der Waals surface area contributed by atoms with Crippen molar-refractivity contribution in [1.29, 1.82) is 0 Å². The van der Waals surface area contributed by atoms with E-state index in [4.69, 9.17) is 4.52 Å². The van der Waals surface area contributed by atoms with Gasteiger partial charge in [0.25, 0.3) is 5.95 Å². The van der Waals surface area contributed by atoms with Gasteiger partial charge in [-0.1, -0.05) is 6.07 Å². The number of benzene rings is 1. The number of anilines is 1. The second-order valence-electron chi connectivity index (χ2n) is 4.68. The highest BCUT2D eigenvalue weighted by atomic mass is 19.1. The summed E-state index contributed by atoms with van der Waals surface area (Å²) in [5.74, 6) is -0.493. The topological polar surface area (TPSA) is 42.2 Å². The number of aromatic nitrogens is 2. The lowest BCUT2D eigenvalue weighted by molar-refractivity contribution is 0.410. The van der Waals surface area contributed by atoms with Gasteiger partial charge in [0.05, 0.1) is 0 Å². The summed E-state index contributed by atoms with van der Waals surface area (Å²) in [6.07, 6.45) is 3.06. The van der Waals surface area contributed by atoms with Crippen molar-refractivity contribution in [3.05, 3.63) is 41.8 Å². The zero-order valence-corrected chi connectivity index (χ0v) is 10.2. The molecule has 1 aromatic heterocycles. The van der Waals surface area contributed by atoms with Crippen LogP contribution in [0.2, 0.25) is 0 Å². The van der Waals surface area contributed by atoms with Crippen molar-refractivity contribution in [2.75, 3.05) is 18.0 Å². The summed E-state index contributed by atoms with van der Waals surface area (Å²) in [4.78, 5) is 5.96. The molecule has 6 heteroatoms. The average Bonchev–Trinajstić information content (AvgIpc) is 2.93. The van der Waals surface area contributed by atoms with E-state index >= 15 is 0 Å². The Hall–Kier alpha value is -1.98. The van der Waals surface area contributed by atoms with Crippen LogP contribution in [0, 0.1) is 11.6 Å². The molecule has 2 aromatic rings. The Morgan fingerprint density at radius 1 is 1.32 bits per heavy atom. The molecule has 1 atom stereocenters. The molecule has 1 aliphatic heterocycles. The Morgan fingerprint density at radius 2 is 2.21 bits per heavy atom. The maximum Gasteiger partial charge on any atom is 0.265 e. The summed E-state index contributed by atoms with van der Waals surface area (Å²) in [5, 5.41) is 3.79. The monoisotopic (exact) mass is 265 g/mol. The van der Waals surface area contributed by atoms with Crippen LogP contribution >= 0.6 is 0 Å². The fraction of sp³-hybridized carbons (Fsp3) is 0.385. The Bertz CT molecular complexity index is 559. The predicted octanol–water partition coefficient (Wildman–Crippen LogP) is 2.73. The van der Waals surface area contributed by atoms with Gasteiger partial charge < -0.3 is 9.42 Å². The van der Waals surface area contributed by atoms with Gasteiger partial charge >= 0.3 is 0 Å². The summed E-state index contributed by atoms with van der Waals surface area (Å²) < 4.78 is 31.4. The zero-order valence-electron chi connectivity index (χ0n) is 10.2. The van der Waals surface area contributed by atoms with Crippen molar-refractivity contribution in [2.45, 2.75) is 18.8 Å². The Balaban J connectivity index is 1.81. The molecule has 1 aliphatic rings. The lowest BCUT2D eigenvalue weighted by atomic mass is 9.90. The normalized spacial score (nSPS) is 19.7. The van der Waals surface area contributed by atoms with E-state index in [2.05, 4.69) is 10.1 Å². The van der Waals surface area contributed by atoms with Crippen molar-refractivity contribution >= 4 is 5.95 Å². The molecule has 100 valence electrons. The zero-order chi connectivity index (χ0) is 13.2. The number of rotatable bonds is 2. The third-order valence-corrected chi connectivity index (χ3v) is 3.46. The van der Waals surface area contributed by atoms with Gasteiger partial charge in [0.1, 0.15) is 11.6 Å². The number of hydrogen-bond donors (Lipinski definition) is 0. The van der Waals surface area contributed by atoms with Crippen molar-refractivity contribution in [1.82, 2.24) is 10.1 Å². The molecular formula is C13H13F2N3O. The molecule has 2 heterocycles. The van der Waals surface area contributed by atoms with Crippen molar-refractivity contribution in [2.24, 2.45) is 0 Å². The molecule has 3 rings (SSSR count). The van der Waals surface area contributed by atoms with Crippen molar-refractivity contribution in [3.63, 3.8) is 0 Å². The molecule has 0 spiro atoms. The summed E-state index contributed by atoms with van der Waals surface area (Å²) >= 11 is 0. The molecule has 19 heavy (non-hydrogen) atoms. The summed E-state index contributed by atoms with van der Waals surface area (Å²) in [6.45, 7) is 1.43. The lowest BCUT2D eigenvalue weighted by Gasteiger charge is -2.32. The average molecular weight is 265 g/mol. The number of hydrogen-bond acceptors (Lipinski definition) is 4. The maximum absolute atomic E-state index is 13.8. The van der Waals surface area contributed by atoms with Gasteiger partial charge in [-0.3, -0.25) is 0 Å². The van der Waals surface area contributed by atoms with Crippen LogP contribution in [0.15, 0.2) is 29.1 Å². The minimum absolute atomic E-state index is 0.0212. The largest absolute Gasteiger partial charge is 0.341 e. The van der Waals surface area contributed by atoms with Crippen LogP contribution in [0.1, 0.15) is 24.3 Å². The van der Waals surface area contributed by atoms with Gasteiger partial charge in [0, 0.05) is 25.1 Å². The predicted molar refractivity (Wildman–Crippen MR) is 64.8 cm³/mol. The molecule has 1 fully saturated rings. The number of halogens is 2. The highest BCUT2D eigenvalue weighted by Crippen LogP contribution is 2.30. The van der Waals surface area contributed by atoms with Crippen LogP contribution in [0.4, 0.5) is 14.7 Å². The van der Waals surface area contributed by atoms with E-state index in [1.807, 2.05) is 4.90 Å². The van der Waals surface area contributed by atoms with E-state index < -0.39 is 11.6 Å². The maximum atomic E-state index is 13.8. The summed E-state index contributed by atoms with van der Waals surface area (Å²) in [5.41, 5.74) is 0.551. The van der Waals surface area contributed by atoms with Crippen LogP contribution in [0.25, 0.3) is 0 Å². The van der Waals surface area contributed by atoms with Crippen LogP contribution in [0.3, 0.4) is 0 Å². The number of piperidine rings is 1. The standard InChI is InChI=1S/C13H13F2N3O/c14-10-3-4-11(12(15)6-10)9-2-1-5-18(7-9)13-16-8-19-17-13/h3-4,6,8-9H,1-2,5,7H2. The van der Waals surface area contributed by atoms with Crippen molar-refractivity contribution < 1.29 is 13.3 Å². The second kappa shape index (κ2) is 4.95. The summed E-state index contributed by atoms with van der Waals surface area (Å²) in [6, 6.07) is 3.75. The molecule has 0 aliphatic carbocycles. The third kappa shape index (κ3) is 2.43. The molecule has 0 radical (unpaired) electrons. The van der Waals surface area contributed by atoms with E-state index in [-0.39, 0.29) is 5.92 Å². The quantitative estimate of drug-likeness (QED) is 0.837. The minimum atomic E-state index is -0.549. The first kappa shape index (κ1) is 12.1. The SMILES string of the molecule is Fc1ccc(C2CCCN(c3ncon3)C2)c(F)c1. The fourth-order valence-corrected chi connectivity index (χ4v) is 2.55. The van der Waals surface area contributed by atoms with E-state index in [9.17, 15) is 8.78 Å². The molecule has 0 amide bonds. The van der Waals surface area contributed by atoms with E-state index in [0.717, 1.165) is 25.5 Å². The summed E-state index contributed by atoms with van der Waals surface area (Å²) in [7, 11) is 0. The van der Waals surface area contributed by atoms with Crippen LogP contribution in [0.5, 0.6) is 0 Å². The van der Waals surface area contributed by atoms with Crippen LogP contribution in [-0.4, -0.2) is 23.2 Å². The molecule has 1 aromatic carbocycles. The molecule has 0 N–H and O–H groups in total. The molecule has 4 nitrogen and oxygen atoms in total. The molecule has 0 saturated carbocycles. The van der Waals surface area contributed by atoms with E-state index in [1.54, 1.807) is 0 Å². The van der Waals surface area contributed by atoms with Gasteiger partial charge in [0.2, 0.25) is 6.39 Å². The van der Waals surface area contributed by atoms with Crippen LogP contribution in [-0.2, 0) is 0 Å². The van der Waals surface area contributed by atoms with E-state index in [0.29, 0.717) is 18.1 Å². The van der Waals surface area contributed by atoms with Gasteiger partial charge in [-0.25, -0.2) is 8.78 Å². The molecule has 1 saturated heterocycles. The van der Waals surface area contributed by atoms with Gasteiger partial charge in [-0.2, -0.15) is 4.98 Å². The first-order chi connectivity index (χ1) is 9.24. The Kier molecular flexibility index (Phi) is 3.15.